The van der Waals surface area contributed by atoms with Crippen molar-refractivity contribution in [3.63, 3.8) is 0 Å². The van der Waals surface area contributed by atoms with Gasteiger partial charge in [0.05, 0.1) is 5.88 Å². The summed E-state index contributed by atoms with van der Waals surface area (Å²) in [6.07, 6.45) is 5.66. The van der Waals surface area contributed by atoms with E-state index in [9.17, 15) is 0 Å². The minimum absolute atomic E-state index is 0.423. The summed E-state index contributed by atoms with van der Waals surface area (Å²) >= 11 is 6.02. The molecule has 0 atom stereocenters. The molecule has 18 heavy (non-hydrogen) atoms. The van der Waals surface area contributed by atoms with Crippen LogP contribution in [0.15, 0.2) is 12.3 Å². The third-order valence-corrected chi connectivity index (χ3v) is 3.65. The molecule has 0 amide bonds. The minimum atomic E-state index is 0.423. The fourth-order valence-electron chi connectivity index (χ4n) is 2.56. The zero-order valence-electron chi connectivity index (χ0n) is 10.6. The molecule has 0 spiro atoms. The second-order valence-electron chi connectivity index (χ2n) is 4.84. The number of aromatic nitrogens is 3. The van der Waals surface area contributed by atoms with E-state index >= 15 is 0 Å². The number of halogens is 1. The summed E-state index contributed by atoms with van der Waals surface area (Å²) in [7, 11) is 0. The Bertz CT molecular complexity index is 557. The molecule has 0 aromatic carbocycles. The summed E-state index contributed by atoms with van der Waals surface area (Å²) in [5.41, 5.74) is 3.00. The van der Waals surface area contributed by atoms with Gasteiger partial charge >= 0.3 is 0 Å². The summed E-state index contributed by atoms with van der Waals surface area (Å²) in [4.78, 5) is 9.12. The summed E-state index contributed by atoms with van der Waals surface area (Å²) in [6.45, 7) is 4.16. The van der Waals surface area contributed by atoms with Gasteiger partial charge in [0.15, 0.2) is 5.65 Å². The van der Waals surface area contributed by atoms with Crippen molar-refractivity contribution in [3.8, 4) is 0 Å². The molecule has 4 nitrogen and oxygen atoms in total. The summed E-state index contributed by atoms with van der Waals surface area (Å²) < 4.78 is 2.11. The molecule has 3 rings (SSSR count). The molecule has 0 bridgehead atoms. The van der Waals surface area contributed by atoms with Crippen molar-refractivity contribution >= 4 is 22.8 Å². The molecule has 1 saturated heterocycles. The summed E-state index contributed by atoms with van der Waals surface area (Å²) in [6, 6.07) is 2.07. The van der Waals surface area contributed by atoms with Crippen molar-refractivity contribution in [3.05, 3.63) is 23.7 Å². The highest BCUT2D eigenvalue weighted by molar-refractivity contribution is 6.16. The van der Waals surface area contributed by atoms with E-state index in [1.54, 1.807) is 0 Å². The zero-order chi connectivity index (χ0) is 12.5. The van der Waals surface area contributed by atoms with E-state index in [0.717, 1.165) is 35.6 Å². The van der Waals surface area contributed by atoms with E-state index in [1.165, 1.54) is 19.3 Å². The summed E-state index contributed by atoms with van der Waals surface area (Å²) in [5.74, 6) is 1.32. The number of hydrogen-bond donors (Lipinski definition) is 0. The van der Waals surface area contributed by atoms with E-state index in [4.69, 9.17) is 11.6 Å². The van der Waals surface area contributed by atoms with Crippen LogP contribution in [-0.4, -0.2) is 27.7 Å². The number of hydrogen-bond acceptors (Lipinski definition) is 3. The maximum atomic E-state index is 6.02. The van der Waals surface area contributed by atoms with Gasteiger partial charge in [0.2, 0.25) is 0 Å². The van der Waals surface area contributed by atoms with Gasteiger partial charge in [-0.1, -0.05) is 0 Å². The first-order valence-corrected chi connectivity index (χ1v) is 6.98. The Morgan fingerprint density at radius 2 is 2.06 bits per heavy atom. The average Bonchev–Trinajstić information content (AvgIpc) is 2.77. The van der Waals surface area contributed by atoms with E-state index in [2.05, 4.69) is 25.7 Å². The van der Waals surface area contributed by atoms with Gasteiger partial charge in [0.1, 0.15) is 11.3 Å². The third kappa shape index (κ3) is 1.94. The number of pyridine rings is 1. The number of alkyl halides is 1. The first-order valence-electron chi connectivity index (χ1n) is 6.45. The lowest BCUT2D eigenvalue weighted by Gasteiger charge is -2.30. The van der Waals surface area contributed by atoms with E-state index in [1.807, 2.05) is 13.1 Å². The minimum Gasteiger partial charge on any atom is -0.310 e. The number of piperidine rings is 1. The van der Waals surface area contributed by atoms with Gasteiger partial charge in [-0.25, -0.2) is 14.6 Å². The lowest BCUT2D eigenvalue weighted by atomic mass is 10.2. The number of aryl methyl sites for hydroxylation is 1. The quantitative estimate of drug-likeness (QED) is 0.782. The van der Waals surface area contributed by atoms with Crippen LogP contribution in [0.2, 0.25) is 0 Å². The predicted octanol–water partition coefficient (Wildman–Crippen LogP) is 2.60. The molecule has 0 radical (unpaired) electrons. The highest BCUT2D eigenvalue weighted by Crippen LogP contribution is 2.19. The predicted molar refractivity (Wildman–Crippen MR) is 73.6 cm³/mol. The fraction of sp³-hybridized carbons (Fsp3) is 0.538. The van der Waals surface area contributed by atoms with Crippen molar-refractivity contribution in [1.82, 2.24) is 14.6 Å². The van der Waals surface area contributed by atoms with Gasteiger partial charge in [-0.15, -0.1) is 11.6 Å². The molecule has 1 aliphatic heterocycles. The van der Waals surface area contributed by atoms with Gasteiger partial charge in [0.25, 0.3) is 0 Å². The Morgan fingerprint density at radius 1 is 1.28 bits per heavy atom. The Morgan fingerprint density at radius 3 is 2.78 bits per heavy atom. The van der Waals surface area contributed by atoms with Crippen molar-refractivity contribution in [2.45, 2.75) is 32.1 Å². The highest BCUT2D eigenvalue weighted by Gasteiger charge is 2.18. The second-order valence-corrected chi connectivity index (χ2v) is 5.11. The van der Waals surface area contributed by atoms with Gasteiger partial charge in [0, 0.05) is 19.3 Å². The first-order chi connectivity index (χ1) is 8.79. The van der Waals surface area contributed by atoms with E-state index < -0.39 is 0 Å². The van der Waals surface area contributed by atoms with E-state index in [-0.39, 0.29) is 0 Å². The maximum Gasteiger partial charge on any atom is 0.179 e. The number of nitrogens with zero attached hydrogens (tertiary/aromatic N) is 4. The number of rotatable bonds is 2. The molecule has 1 fully saturated rings. The molecule has 2 aromatic heterocycles. The Balaban J connectivity index is 2.12. The molecule has 1 aliphatic rings. The first kappa shape index (κ1) is 11.8. The normalized spacial score (nSPS) is 16.4. The van der Waals surface area contributed by atoms with Crippen molar-refractivity contribution in [2.24, 2.45) is 0 Å². The van der Waals surface area contributed by atoms with Crippen molar-refractivity contribution < 1.29 is 0 Å². The second kappa shape index (κ2) is 4.76. The fourth-order valence-corrected chi connectivity index (χ4v) is 2.73. The largest absolute Gasteiger partial charge is 0.310 e. The lowest BCUT2D eigenvalue weighted by molar-refractivity contribution is 0.477. The molecule has 0 aliphatic carbocycles. The van der Waals surface area contributed by atoms with Crippen LogP contribution in [0.3, 0.4) is 0 Å². The van der Waals surface area contributed by atoms with Crippen molar-refractivity contribution in [2.75, 3.05) is 18.1 Å². The summed E-state index contributed by atoms with van der Waals surface area (Å²) in [5, 5.41) is 2.32. The van der Waals surface area contributed by atoms with Crippen LogP contribution in [0.5, 0.6) is 0 Å². The molecule has 2 aromatic rings. The Kier molecular flexibility index (Phi) is 3.12. The van der Waals surface area contributed by atoms with Gasteiger partial charge in [-0.05, 0) is 37.8 Å². The highest BCUT2D eigenvalue weighted by atomic mass is 35.5. The molecule has 5 heteroatoms. The van der Waals surface area contributed by atoms with Crippen LogP contribution in [0.1, 0.15) is 30.7 Å². The monoisotopic (exact) mass is 264 g/mol. The molecule has 0 saturated carbocycles. The average molecular weight is 265 g/mol. The Hall–Kier alpha value is -1.29. The van der Waals surface area contributed by atoms with Crippen LogP contribution in [0.4, 0.5) is 0 Å². The van der Waals surface area contributed by atoms with Crippen LogP contribution in [-0.2, 0) is 5.88 Å². The van der Waals surface area contributed by atoms with Crippen LogP contribution in [0, 0.1) is 6.92 Å². The van der Waals surface area contributed by atoms with Crippen LogP contribution in [0.25, 0.3) is 11.2 Å². The van der Waals surface area contributed by atoms with Crippen molar-refractivity contribution in [1.29, 1.82) is 0 Å². The van der Waals surface area contributed by atoms with Gasteiger partial charge in [-0.3, -0.25) is 0 Å². The topological polar surface area (TPSA) is 34.0 Å². The molecular weight excluding hydrogens is 248 g/mol. The van der Waals surface area contributed by atoms with Gasteiger partial charge < -0.3 is 5.01 Å². The smallest absolute Gasteiger partial charge is 0.179 e. The zero-order valence-corrected chi connectivity index (χ0v) is 11.3. The molecular formula is C13H17ClN4. The lowest BCUT2D eigenvalue weighted by Crippen LogP contribution is -2.40. The number of fused-ring (bicyclic) bond motifs is 1. The van der Waals surface area contributed by atoms with Crippen LogP contribution < -0.4 is 5.01 Å². The molecule has 0 unspecified atom stereocenters. The van der Waals surface area contributed by atoms with Gasteiger partial charge in [-0.2, -0.15) is 0 Å². The number of imidazole rings is 1. The molecule has 96 valence electrons. The molecule has 3 heterocycles. The SMILES string of the molecule is Cc1cnc2c(c1)nc(CCl)n2N1CCCCC1. The maximum absolute atomic E-state index is 6.02. The Labute approximate surface area is 112 Å². The van der Waals surface area contributed by atoms with Crippen LogP contribution >= 0.6 is 11.6 Å². The molecule has 0 N–H and O–H groups in total. The third-order valence-electron chi connectivity index (χ3n) is 3.41. The van der Waals surface area contributed by atoms with E-state index in [0.29, 0.717) is 5.88 Å². The standard InChI is InChI=1S/C13H17ClN4/c1-10-7-11-13(15-9-10)18(12(8-14)16-11)17-5-3-2-4-6-17/h7,9H,2-6,8H2,1H3.